The highest BCUT2D eigenvalue weighted by Gasteiger charge is 2.09. The van der Waals surface area contributed by atoms with Gasteiger partial charge in [-0.15, -0.1) is 0 Å². The lowest BCUT2D eigenvalue weighted by molar-refractivity contribution is -0.115. The van der Waals surface area contributed by atoms with Crippen molar-refractivity contribution in [2.75, 3.05) is 16.8 Å². The number of benzene rings is 2. The lowest BCUT2D eigenvalue weighted by Crippen LogP contribution is -2.17. The van der Waals surface area contributed by atoms with Crippen LogP contribution < -0.4 is 10.2 Å². The van der Waals surface area contributed by atoms with Crippen molar-refractivity contribution in [1.82, 2.24) is 4.98 Å². The third-order valence-corrected chi connectivity index (χ3v) is 3.96. The first-order chi connectivity index (χ1) is 12.7. The highest BCUT2D eigenvalue weighted by molar-refractivity contribution is 5.91. The van der Waals surface area contributed by atoms with Gasteiger partial charge >= 0.3 is 0 Å². The maximum absolute atomic E-state index is 13.2. The van der Waals surface area contributed by atoms with Crippen molar-refractivity contribution < 1.29 is 9.18 Å². The van der Waals surface area contributed by atoms with E-state index >= 15 is 0 Å². The van der Waals surface area contributed by atoms with Gasteiger partial charge in [0.1, 0.15) is 11.6 Å². The molecule has 26 heavy (non-hydrogen) atoms. The van der Waals surface area contributed by atoms with E-state index in [1.165, 1.54) is 12.1 Å². The zero-order valence-electron chi connectivity index (χ0n) is 14.5. The Labute approximate surface area is 152 Å². The van der Waals surface area contributed by atoms with E-state index < -0.39 is 0 Å². The van der Waals surface area contributed by atoms with E-state index in [9.17, 15) is 9.18 Å². The number of aromatic nitrogens is 1. The topological polar surface area (TPSA) is 45.2 Å². The van der Waals surface area contributed by atoms with Gasteiger partial charge < -0.3 is 10.2 Å². The molecule has 0 spiro atoms. The Morgan fingerprint density at radius 3 is 2.50 bits per heavy atom. The number of hydrogen-bond donors (Lipinski definition) is 1. The first kappa shape index (κ1) is 17.6. The summed E-state index contributed by atoms with van der Waals surface area (Å²) in [6.07, 6.45) is 1.83. The summed E-state index contributed by atoms with van der Waals surface area (Å²) in [6.45, 7) is 2.87. The van der Waals surface area contributed by atoms with E-state index in [1.54, 1.807) is 24.4 Å². The molecule has 0 atom stereocenters. The Bertz CT molecular complexity index is 866. The van der Waals surface area contributed by atoms with Gasteiger partial charge in [0.25, 0.3) is 0 Å². The number of amides is 1. The maximum Gasteiger partial charge on any atom is 0.229 e. The van der Waals surface area contributed by atoms with Crippen molar-refractivity contribution in [3.8, 4) is 0 Å². The second-order valence-corrected chi connectivity index (χ2v) is 5.84. The molecule has 0 saturated heterocycles. The fourth-order valence-corrected chi connectivity index (χ4v) is 2.76. The Kier molecular flexibility index (Phi) is 5.59. The minimum Gasteiger partial charge on any atom is -0.341 e. The quantitative estimate of drug-likeness (QED) is 0.709. The van der Waals surface area contributed by atoms with E-state index in [0.29, 0.717) is 11.4 Å². The SMILES string of the molecule is CCN(c1ccccc1)c1ccc(NC(=O)Cc2cccc(F)c2)nc1. The number of carbonyl (C=O) groups excluding carboxylic acids is 1. The van der Waals surface area contributed by atoms with Crippen LogP contribution in [0, 0.1) is 5.82 Å². The lowest BCUT2D eigenvalue weighted by atomic mass is 10.1. The van der Waals surface area contributed by atoms with Crippen LogP contribution in [0.25, 0.3) is 0 Å². The number of carbonyl (C=O) groups is 1. The van der Waals surface area contributed by atoms with Crippen LogP contribution in [-0.2, 0) is 11.2 Å². The molecule has 0 unspecified atom stereocenters. The molecular weight excluding hydrogens is 329 g/mol. The smallest absolute Gasteiger partial charge is 0.229 e. The summed E-state index contributed by atoms with van der Waals surface area (Å²) in [5, 5.41) is 2.74. The molecular formula is C21H20FN3O. The van der Waals surface area contributed by atoms with E-state index in [2.05, 4.69) is 22.1 Å². The lowest BCUT2D eigenvalue weighted by Gasteiger charge is -2.23. The Hall–Kier alpha value is -3.21. The van der Waals surface area contributed by atoms with Gasteiger partial charge in [0, 0.05) is 12.2 Å². The van der Waals surface area contributed by atoms with Crippen molar-refractivity contribution in [1.29, 1.82) is 0 Å². The zero-order valence-corrected chi connectivity index (χ0v) is 14.5. The monoisotopic (exact) mass is 349 g/mol. The third-order valence-electron chi connectivity index (χ3n) is 3.96. The molecule has 0 fully saturated rings. The summed E-state index contributed by atoms with van der Waals surface area (Å²) < 4.78 is 13.2. The van der Waals surface area contributed by atoms with E-state index in [-0.39, 0.29) is 18.1 Å². The predicted molar refractivity (Wildman–Crippen MR) is 102 cm³/mol. The van der Waals surface area contributed by atoms with Gasteiger partial charge in [-0.25, -0.2) is 9.37 Å². The van der Waals surface area contributed by atoms with Crippen LogP contribution in [0.3, 0.4) is 0 Å². The molecule has 4 nitrogen and oxygen atoms in total. The number of nitrogens with one attached hydrogen (secondary N) is 1. The van der Waals surface area contributed by atoms with Gasteiger partial charge in [0.05, 0.1) is 18.3 Å². The van der Waals surface area contributed by atoms with Gasteiger partial charge in [0.15, 0.2) is 0 Å². The average Bonchev–Trinajstić information content (AvgIpc) is 2.64. The summed E-state index contributed by atoms with van der Waals surface area (Å²) in [7, 11) is 0. The zero-order chi connectivity index (χ0) is 18.4. The summed E-state index contributed by atoms with van der Waals surface area (Å²) >= 11 is 0. The van der Waals surface area contributed by atoms with Gasteiger partial charge in [-0.3, -0.25) is 4.79 Å². The van der Waals surface area contributed by atoms with Crippen molar-refractivity contribution in [2.24, 2.45) is 0 Å². The second kappa shape index (κ2) is 8.25. The van der Waals surface area contributed by atoms with Crippen molar-refractivity contribution in [3.63, 3.8) is 0 Å². The Morgan fingerprint density at radius 2 is 1.85 bits per heavy atom. The molecule has 0 aliphatic heterocycles. The van der Waals surface area contributed by atoms with E-state index in [1.807, 2.05) is 36.4 Å². The molecule has 3 rings (SSSR count). The van der Waals surface area contributed by atoms with Crippen LogP contribution in [0.2, 0.25) is 0 Å². The van der Waals surface area contributed by atoms with E-state index in [4.69, 9.17) is 0 Å². The van der Waals surface area contributed by atoms with Crippen molar-refractivity contribution >= 4 is 23.1 Å². The van der Waals surface area contributed by atoms with Crippen LogP contribution in [-0.4, -0.2) is 17.4 Å². The number of pyridine rings is 1. The maximum atomic E-state index is 13.2. The molecule has 1 amide bonds. The molecule has 1 heterocycles. The molecule has 0 radical (unpaired) electrons. The van der Waals surface area contributed by atoms with Crippen molar-refractivity contribution in [2.45, 2.75) is 13.3 Å². The third kappa shape index (κ3) is 4.45. The first-order valence-electron chi connectivity index (χ1n) is 8.48. The molecule has 0 bridgehead atoms. The largest absolute Gasteiger partial charge is 0.341 e. The molecule has 0 aliphatic rings. The fourth-order valence-electron chi connectivity index (χ4n) is 2.76. The normalized spacial score (nSPS) is 10.4. The van der Waals surface area contributed by atoms with Crippen LogP contribution >= 0.6 is 0 Å². The van der Waals surface area contributed by atoms with Crippen LogP contribution in [0.4, 0.5) is 21.6 Å². The molecule has 2 aromatic carbocycles. The highest BCUT2D eigenvalue weighted by Crippen LogP contribution is 2.24. The predicted octanol–water partition coefficient (Wildman–Crippen LogP) is 4.56. The Morgan fingerprint density at radius 1 is 1.04 bits per heavy atom. The summed E-state index contributed by atoms with van der Waals surface area (Å²) in [6, 6.07) is 19.8. The van der Waals surface area contributed by atoms with Crippen LogP contribution in [0.1, 0.15) is 12.5 Å². The van der Waals surface area contributed by atoms with Gasteiger partial charge in [0.2, 0.25) is 5.91 Å². The number of rotatable bonds is 6. The highest BCUT2D eigenvalue weighted by atomic mass is 19.1. The number of halogens is 1. The van der Waals surface area contributed by atoms with E-state index in [0.717, 1.165) is 17.9 Å². The van der Waals surface area contributed by atoms with Crippen molar-refractivity contribution in [3.05, 3.63) is 84.3 Å². The minimum atomic E-state index is -0.349. The standard InChI is InChI=1S/C21H20FN3O/c1-2-25(18-9-4-3-5-10-18)19-11-12-20(23-15-19)24-21(26)14-16-7-6-8-17(22)13-16/h3-13,15H,2,14H2,1H3,(H,23,24,26). The molecule has 3 aromatic rings. The summed E-state index contributed by atoms with van der Waals surface area (Å²) in [4.78, 5) is 18.6. The first-order valence-corrected chi connectivity index (χ1v) is 8.48. The number of anilines is 3. The second-order valence-electron chi connectivity index (χ2n) is 5.84. The molecule has 0 aliphatic carbocycles. The Balaban J connectivity index is 1.66. The average molecular weight is 349 g/mol. The molecule has 1 aromatic heterocycles. The molecule has 5 heteroatoms. The molecule has 0 saturated carbocycles. The van der Waals surface area contributed by atoms with Gasteiger partial charge in [-0.1, -0.05) is 30.3 Å². The molecule has 132 valence electrons. The summed E-state index contributed by atoms with van der Waals surface area (Å²) in [5.74, 6) is -0.108. The molecule has 1 N–H and O–H groups in total. The number of para-hydroxylation sites is 1. The van der Waals surface area contributed by atoms with Gasteiger partial charge in [-0.2, -0.15) is 0 Å². The number of nitrogens with zero attached hydrogens (tertiary/aromatic N) is 2. The summed E-state index contributed by atoms with van der Waals surface area (Å²) in [5.41, 5.74) is 2.65. The van der Waals surface area contributed by atoms with Gasteiger partial charge in [-0.05, 0) is 48.9 Å². The van der Waals surface area contributed by atoms with Crippen LogP contribution in [0.15, 0.2) is 72.9 Å². The van der Waals surface area contributed by atoms with Crippen LogP contribution in [0.5, 0.6) is 0 Å². The fraction of sp³-hybridized carbons (Fsp3) is 0.143. The minimum absolute atomic E-state index is 0.103. The number of hydrogen-bond acceptors (Lipinski definition) is 3.